The molecule has 4 rings (SSSR count). The minimum atomic E-state index is -1.35. The van der Waals surface area contributed by atoms with Crippen molar-refractivity contribution < 1.29 is 37.5 Å². The fraction of sp³-hybridized carbons (Fsp3) is 0.233. The molecular weight excluding hydrogens is 600 g/mol. The van der Waals surface area contributed by atoms with Gasteiger partial charge in [-0.3, -0.25) is 24.1 Å². The van der Waals surface area contributed by atoms with Gasteiger partial charge < -0.3 is 15.8 Å². The van der Waals surface area contributed by atoms with Crippen molar-refractivity contribution in [3.63, 3.8) is 0 Å². The third-order valence-corrected chi connectivity index (χ3v) is 7.80. The van der Waals surface area contributed by atoms with Crippen molar-refractivity contribution in [2.45, 2.75) is 45.3 Å². The van der Waals surface area contributed by atoms with Gasteiger partial charge in [-0.2, -0.15) is 0 Å². The number of thiophene rings is 1. The summed E-state index contributed by atoms with van der Waals surface area (Å²) in [6.07, 6.45) is 0.998. The third kappa shape index (κ3) is 7.93. The molecule has 1 aliphatic rings. The Morgan fingerprint density at radius 1 is 1.02 bits per heavy atom. The van der Waals surface area contributed by atoms with Gasteiger partial charge in [0.15, 0.2) is 11.6 Å². The van der Waals surface area contributed by atoms with E-state index in [0.29, 0.717) is 27.8 Å². The monoisotopic (exact) mass is 627 g/mol. The topological polar surface area (TPSA) is 136 Å². The summed E-state index contributed by atoms with van der Waals surface area (Å²) in [5.41, 5.74) is 6.16. The molecule has 0 bridgehead atoms. The molecule has 1 atom stereocenters. The maximum Gasteiger partial charge on any atom is 0.338 e. The van der Waals surface area contributed by atoms with Crippen molar-refractivity contribution in [2.75, 3.05) is 5.32 Å². The number of carbonyl (C=O) groups is 5. The van der Waals surface area contributed by atoms with Gasteiger partial charge in [0.2, 0.25) is 11.8 Å². The van der Waals surface area contributed by atoms with E-state index in [2.05, 4.69) is 5.32 Å². The number of esters is 1. The van der Waals surface area contributed by atoms with Crippen molar-refractivity contribution in [1.29, 1.82) is 0 Å². The van der Waals surface area contributed by atoms with Gasteiger partial charge in [0.05, 0.1) is 10.5 Å². The summed E-state index contributed by atoms with van der Waals surface area (Å²) in [6.45, 7) is 5.21. The van der Waals surface area contributed by atoms with Crippen molar-refractivity contribution in [2.24, 2.45) is 5.73 Å². The third-order valence-electron chi connectivity index (χ3n) is 6.04. The predicted molar refractivity (Wildman–Crippen MR) is 160 cm³/mol. The lowest BCUT2D eigenvalue weighted by atomic mass is 10.1. The second-order valence-electron chi connectivity index (χ2n) is 10.5. The smallest absolute Gasteiger partial charge is 0.338 e. The molecule has 0 radical (unpaired) electrons. The zero-order valence-corrected chi connectivity index (χ0v) is 24.9. The molecule has 0 aliphatic carbocycles. The van der Waals surface area contributed by atoms with E-state index in [0.717, 1.165) is 17.0 Å². The molecule has 9 nitrogen and oxygen atoms in total. The molecule has 1 aromatic heterocycles. The molecule has 2 aromatic carbocycles. The largest absolute Gasteiger partial charge is 0.456 e. The van der Waals surface area contributed by atoms with Crippen molar-refractivity contribution in [3.8, 4) is 11.1 Å². The first-order chi connectivity index (χ1) is 20.2. The highest BCUT2D eigenvalue weighted by molar-refractivity contribution is 8.18. The van der Waals surface area contributed by atoms with Gasteiger partial charge in [0.25, 0.3) is 11.1 Å². The first-order valence-corrected chi connectivity index (χ1v) is 14.6. The minimum absolute atomic E-state index is 0.0438. The molecule has 1 aliphatic heterocycles. The van der Waals surface area contributed by atoms with Crippen LogP contribution < -0.4 is 11.1 Å². The number of carbonyl (C=O) groups excluding carboxylic acids is 5. The average Bonchev–Trinajstić information content (AvgIpc) is 3.49. The summed E-state index contributed by atoms with van der Waals surface area (Å²) in [5.74, 6) is -4.69. The molecule has 0 saturated carbocycles. The normalized spacial score (nSPS) is 15.1. The highest BCUT2D eigenvalue weighted by Gasteiger charge is 2.43. The van der Waals surface area contributed by atoms with Crippen LogP contribution in [-0.2, 0) is 19.1 Å². The summed E-state index contributed by atoms with van der Waals surface area (Å²) in [5, 5.41) is 3.60. The molecule has 0 unspecified atom stereocenters. The number of nitrogens with two attached hydrogens (primary N) is 1. The lowest BCUT2D eigenvalue weighted by Gasteiger charge is -2.24. The molecular formula is C30H27F2N3O6S2. The Labute approximate surface area is 254 Å². The number of halogens is 2. The van der Waals surface area contributed by atoms with Crippen LogP contribution in [0.2, 0.25) is 0 Å². The van der Waals surface area contributed by atoms with E-state index in [1.165, 1.54) is 47.7 Å². The van der Waals surface area contributed by atoms with Crippen LogP contribution in [0.15, 0.2) is 58.8 Å². The Bertz CT molecular complexity index is 1630. The van der Waals surface area contributed by atoms with Crippen LogP contribution >= 0.6 is 23.1 Å². The molecule has 1 saturated heterocycles. The van der Waals surface area contributed by atoms with Crippen LogP contribution in [0.4, 0.5) is 19.3 Å². The Balaban J connectivity index is 1.52. The molecule has 1 fully saturated rings. The van der Waals surface area contributed by atoms with Gasteiger partial charge in [0, 0.05) is 17.0 Å². The summed E-state index contributed by atoms with van der Waals surface area (Å²) < 4.78 is 32.3. The number of nitrogens with zero attached hydrogens (tertiary/aromatic N) is 1. The number of thioether (sulfide) groups is 1. The summed E-state index contributed by atoms with van der Waals surface area (Å²) in [6, 6.07) is 9.66. The van der Waals surface area contributed by atoms with E-state index < -0.39 is 52.2 Å². The molecule has 4 amide bonds. The van der Waals surface area contributed by atoms with Crippen molar-refractivity contribution >= 4 is 63.8 Å². The van der Waals surface area contributed by atoms with Gasteiger partial charge in [-0.25, -0.2) is 13.6 Å². The van der Waals surface area contributed by atoms with Crippen LogP contribution in [0.25, 0.3) is 17.2 Å². The maximum absolute atomic E-state index is 13.7. The number of benzene rings is 2. The molecule has 3 aromatic rings. The minimum Gasteiger partial charge on any atom is -0.456 e. The van der Waals surface area contributed by atoms with Crippen LogP contribution in [0.5, 0.6) is 0 Å². The number of primary amides is 1. The zero-order chi connectivity index (χ0) is 31.5. The molecule has 13 heteroatoms. The highest BCUT2D eigenvalue weighted by Crippen LogP contribution is 2.37. The number of hydrogen-bond acceptors (Lipinski definition) is 8. The van der Waals surface area contributed by atoms with Gasteiger partial charge in [0.1, 0.15) is 11.6 Å². The van der Waals surface area contributed by atoms with Gasteiger partial charge in [-0.15, -0.1) is 11.3 Å². The lowest BCUT2D eigenvalue weighted by molar-refractivity contribution is -0.131. The number of nitrogens with one attached hydrogen (secondary N) is 1. The van der Waals surface area contributed by atoms with E-state index in [9.17, 15) is 32.8 Å². The van der Waals surface area contributed by atoms with Crippen molar-refractivity contribution in [3.05, 3.63) is 80.9 Å². The maximum atomic E-state index is 13.7. The second kappa shape index (κ2) is 12.9. The Kier molecular flexibility index (Phi) is 9.46. The number of anilines is 1. The van der Waals surface area contributed by atoms with Crippen LogP contribution in [0.1, 0.15) is 48.8 Å². The number of imide groups is 1. The molecule has 3 N–H and O–H groups in total. The molecule has 2 heterocycles. The van der Waals surface area contributed by atoms with Crippen LogP contribution in [0.3, 0.4) is 0 Å². The number of rotatable bonds is 9. The Morgan fingerprint density at radius 2 is 1.72 bits per heavy atom. The van der Waals surface area contributed by atoms with Gasteiger partial charge >= 0.3 is 5.97 Å². The first kappa shape index (κ1) is 31.6. The summed E-state index contributed by atoms with van der Waals surface area (Å²) in [7, 11) is 0. The fourth-order valence-electron chi connectivity index (χ4n) is 4.04. The summed E-state index contributed by atoms with van der Waals surface area (Å²) in [4.78, 5) is 64.8. The van der Waals surface area contributed by atoms with Gasteiger partial charge in [-0.1, -0.05) is 6.07 Å². The van der Waals surface area contributed by atoms with E-state index in [1.807, 2.05) is 0 Å². The second-order valence-corrected chi connectivity index (χ2v) is 12.4. The Morgan fingerprint density at radius 3 is 2.35 bits per heavy atom. The number of amides is 4. The first-order valence-electron chi connectivity index (χ1n) is 13.0. The van der Waals surface area contributed by atoms with E-state index >= 15 is 0 Å². The van der Waals surface area contributed by atoms with E-state index in [4.69, 9.17) is 10.5 Å². The molecule has 43 heavy (non-hydrogen) atoms. The SMILES string of the molecule is CC(C)(C)OC(=O)c1ccc(NC(=O)[C@@H](CCC(N)=O)N2C(=O)SC(=Cc3cc(-c4ccc(F)c(F)c4)cs3)C2=O)cc1. The Hall–Kier alpha value is -4.36. The van der Waals surface area contributed by atoms with E-state index in [-0.39, 0.29) is 29.0 Å². The summed E-state index contributed by atoms with van der Waals surface area (Å²) >= 11 is 1.85. The van der Waals surface area contributed by atoms with E-state index in [1.54, 1.807) is 32.2 Å². The highest BCUT2D eigenvalue weighted by atomic mass is 32.2. The number of hydrogen-bond donors (Lipinski definition) is 2. The van der Waals surface area contributed by atoms with Gasteiger partial charge in [-0.05, 0) is 104 Å². The molecule has 224 valence electrons. The average molecular weight is 628 g/mol. The quantitative estimate of drug-likeness (QED) is 0.221. The molecule has 0 spiro atoms. The predicted octanol–water partition coefficient (Wildman–Crippen LogP) is 5.96. The van der Waals surface area contributed by atoms with Crippen molar-refractivity contribution in [1.82, 2.24) is 4.90 Å². The number of ether oxygens (including phenoxy) is 1. The van der Waals surface area contributed by atoms with Crippen LogP contribution in [-0.4, -0.2) is 45.5 Å². The standard InChI is InChI=1S/C30H27F2N3O6S2/c1-30(2,3)41-28(39)16-4-7-19(8-5-16)34-26(37)23(10-11-25(33)36)35-27(38)24(43-29(35)40)14-20-12-18(15-42-20)17-6-9-21(31)22(32)13-17/h4-9,12-15,23H,10-11H2,1-3H3,(H2,33,36)(H,34,37)/t23-/m1/s1. The lowest BCUT2D eigenvalue weighted by Crippen LogP contribution is -2.47. The zero-order valence-electron chi connectivity index (χ0n) is 23.3. The van der Waals surface area contributed by atoms with Crippen LogP contribution in [0, 0.1) is 11.6 Å². The fourth-order valence-corrected chi connectivity index (χ4v) is 5.83.